The zero-order valence-corrected chi connectivity index (χ0v) is 16.9. The molecule has 1 aromatic rings. The summed E-state index contributed by atoms with van der Waals surface area (Å²) in [5.41, 5.74) is 3.79. The number of halogens is 1. The van der Waals surface area contributed by atoms with Crippen molar-refractivity contribution in [3.8, 4) is 0 Å². The summed E-state index contributed by atoms with van der Waals surface area (Å²) in [6.07, 6.45) is 6.62. The first kappa shape index (κ1) is 19.8. The minimum atomic E-state index is 0. The summed E-state index contributed by atoms with van der Waals surface area (Å²) < 4.78 is 0. The summed E-state index contributed by atoms with van der Waals surface area (Å²) in [6.45, 7) is 5.83. The Bertz CT molecular complexity index is 544. The number of anilines is 1. The summed E-state index contributed by atoms with van der Waals surface area (Å²) in [5.74, 6) is 0.910. The van der Waals surface area contributed by atoms with Gasteiger partial charge < -0.3 is 15.5 Å². The van der Waals surface area contributed by atoms with Gasteiger partial charge in [-0.2, -0.15) is 0 Å². The third-order valence-corrected chi connectivity index (χ3v) is 3.94. The SMILES string of the molecule is CCNC(=NCc1ccc(N(C)C)cc1C)NC1CC=CC1.I. The van der Waals surface area contributed by atoms with E-state index in [4.69, 9.17) is 4.99 Å². The van der Waals surface area contributed by atoms with Gasteiger partial charge in [-0.05, 0) is 49.9 Å². The highest BCUT2D eigenvalue weighted by atomic mass is 127. The monoisotopic (exact) mass is 428 g/mol. The van der Waals surface area contributed by atoms with Crippen LogP contribution in [0.15, 0.2) is 35.3 Å². The number of aliphatic imine (C=N–C) groups is 1. The van der Waals surface area contributed by atoms with Crippen LogP contribution < -0.4 is 15.5 Å². The van der Waals surface area contributed by atoms with Crippen molar-refractivity contribution in [3.05, 3.63) is 41.5 Å². The van der Waals surface area contributed by atoms with Crippen LogP contribution in [0.2, 0.25) is 0 Å². The molecule has 0 aliphatic heterocycles. The van der Waals surface area contributed by atoms with Gasteiger partial charge >= 0.3 is 0 Å². The molecule has 1 aliphatic rings. The van der Waals surface area contributed by atoms with Crippen molar-refractivity contribution in [3.63, 3.8) is 0 Å². The molecule has 1 aliphatic carbocycles. The minimum absolute atomic E-state index is 0. The number of benzene rings is 1. The average molecular weight is 428 g/mol. The minimum Gasteiger partial charge on any atom is -0.378 e. The molecule has 0 amide bonds. The molecule has 23 heavy (non-hydrogen) atoms. The van der Waals surface area contributed by atoms with E-state index in [9.17, 15) is 0 Å². The molecule has 0 unspecified atom stereocenters. The van der Waals surface area contributed by atoms with E-state index >= 15 is 0 Å². The van der Waals surface area contributed by atoms with Gasteiger partial charge in [0.15, 0.2) is 5.96 Å². The van der Waals surface area contributed by atoms with Crippen molar-refractivity contribution in [2.45, 2.75) is 39.3 Å². The van der Waals surface area contributed by atoms with Crippen molar-refractivity contribution in [1.82, 2.24) is 10.6 Å². The van der Waals surface area contributed by atoms with E-state index in [0.29, 0.717) is 12.6 Å². The molecule has 4 nitrogen and oxygen atoms in total. The quantitative estimate of drug-likeness (QED) is 0.327. The van der Waals surface area contributed by atoms with Crippen LogP contribution in [-0.2, 0) is 6.54 Å². The third kappa shape index (κ3) is 6.05. The molecule has 0 radical (unpaired) electrons. The smallest absolute Gasteiger partial charge is 0.191 e. The van der Waals surface area contributed by atoms with Gasteiger partial charge in [0, 0.05) is 32.4 Å². The average Bonchev–Trinajstić information content (AvgIpc) is 2.98. The zero-order chi connectivity index (χ0) is 15.9. The first-order chi connectivity index (χ1) is 10.6. The normalized spacial score (nSPS) is 14.5. The molecular formula is C18H29IN4. The van der Waals surface area contributed by atoms with Gasteiger partial charge in [-0.3, -0.25) is 0 Å². The van der Waals surface area contributed by atoms with Crippen LogP contribution in [0.1, 0.15) is 30.9 Å². The van der Waals surface area contributed by atoms with Crippen LogP contribution >= 0.6 is 24.0 Å². The van der Waals surface area contributed by atoms with Crippen LogP contribution in [0, 0.1) is 6.92 Å². The maximum atomic E-state index is 4.74. The second-order valence-corrected chi connectivity index (χ2v) is 5.98. The highest BCUT2D eigenvalue weighted by Crippen LogP contribution is 2.18. The topological polar surface area (TPSA) is 39.7 Å². The third-order valence-electron chi connectivity index (χ3n) is 3.94. The second-order valence-electron chi connectivity index (χ2n) is 5.98. The molecule has 0 atom stereocenters. The summed E-state index contributed by atoms with van der Waals surface area (Å²) >= 11 is 0. The molecule has 0 fully saturated rings. The van der Waals surface area contributed by atoms with E-state index in [1.807, 2.05) is 0 Å². The fourth-order valence-corrected chi connectivity index (χ4v) is 2.55. The Hall–Kier alpha value is -1.24. The van der Waals surface area contributed by atoms with E-state index in [1.165, 1.54) is 16.8 Å². The Morgan fingerprint density at radius 3 is 2.52 bits per heavy atom. The molecule has 0 heterocycles. The van der Waals surface area contributed by atoms with Crippen LogP contribution in [0.3, 0.4) is 0 Å². The number of guanidine groups is 1. The molecule has 128 valence electrons. The Balaban J connectivity index is 0.00000264. The maximum absolute atomic E-state index is 4.74. The van der Waals surface area contributed by atoms with E-state index in [1.54, 1.807) is 0 Å². The van der Waals surface area contributed by atoms with Crippen LogP contribution in [-0.4, -0.2) is 32.6 Å². The van der Waals surface area contributed by atoms with E-state index in [2.05, 4.69) is 73.8 Å². The maximum Gasteiger partial charge on any atom is 0.191 e. The van der Waals surface area contributed by atoms with Gasteiger partial charge in [-0.25, -0.2) is 4.99 Å². The predicted molar refractivity (Wildman–Crippen MR) is 111 cm³/mol. The van der Waals surface area contributed by atoms with Gasteiger partial charge in [0.05, 0.1) is 6.54 Å². The summed E-state index contributed by atoms with van der Waals surface area (Å²) in [7, 11) is 4.13. The number of nitrogens with zero attached hydrogens (tertiary/aromatic N) is 2. The van der Waals surface area contributed by atoms with E-state index in [-0.39, 0.29) is 24.0 Å². The van der Waals surface area contributed by atoms with Crippen LogP contribution in [0.25, 0.3) is 0 Å². The van der Waals surface area contributed by atoms with Gasteiger partial charge in [0.2, 0.25) is 0 Å². The van der Waals surface area contributed by atoms with Gasteiger partial charge in [-0.15, -0.1) is 24.0 Å². The van der Waals surface area contributed by atoms with Gasteiger partial charge in [0.25, 0.3) is 0 Å². The van der Waals surface area contributed by atoms with Crippen molar-refractivity contribution in [1.29, 1.82) is 0 Å². The van der Waals surface area contributed by atoms with Crippen molar-refractivity contribution >= 4 is 35.6 Å². The number of nitrogens with one attached hydrogen (secondary N) is 2. The zero-order valence-electron chi connectivity index (χ0n) is 14.6. The van der Waals surface area contributed by atoms with Gasteiger partial charge in [-0.1, -0.05) is 18.2 Å². The highest BCUT2D eigenvalue weighted by molar-refractivity contribution is 14.0. The molecule has 2 N–H and O–H groups in total. The largest absolute Gasteiger partial charge is 0.378 e. The van der Waals surface area contributed by atoms with Gasteiger partial charge in [0.1, 0.15) is 0 Å². The Kier molecular flexibility index (Phi) is 8.44. The summed E-state index contributed by atoms with van der Waals surface area (Å²) in [5, 5.41) is 6.84. The number of hydrogen-bond donors (Lipinski definition) is 2. The molecule has 0 aromatic heterocycles. The van der Waals surface area contributed by atoms with Crippen LogP contribution in [0.5, 0.6) is 0 Å². The lowest BCUT2D eigenvalue weighted by Crippen LogP contribution is -2.42. The number of aryl methyl sites for hydroxylation is 1. The molecule has 5 heteroatoms. The lowest BCUT2D eigenvalue weighted by Gasteiger charge is -2.17. The molecule has 0 saturated carbocycles. The number of rotatable bonds is 5. The summed E-state index contributed by atoms with van der Waals surface area (Å²) in [4.78, 5) is 6.86. The predicted octanol–water partition coefficient (Wildman–Crippen LogP) is 3.45. The Labute approximate surface area is 157 Å². The Morgan fingerprint density at radius 1 is 1.26 bits per heavy atom. The first-order valence-electron chi connectivity index (χ1n) is 8.07. The fourth-order valence-electron chi connectivity index (χ4n) is 2.55. The summed E-state index contributed by atoms with van der Waals surface area (Å²) in [6, 6.07) is 7.02. The molecule has 0 bridgehead atoms. The number of hydrogen-bond acceptors (Lipinski definition) is 2. The Morgan fingerprint density at radius 2 is 1.96 bits per heavy atom. The van der Waals surface area contributed by atoms with Crippen molar-refractivity contribution < 1.29 is 0 Å². The molecule has 2 rings (SSSR count). The standard InChI is InChI=1S/C18H28N4.HI/c1-5-19-18(21-16-8-6-7-9-16)20-13-15-10-11-17(22(3)4)12-14(15)2;/h6-7,10-12,16H,5,8-9,13H2,1-4H3,(H2,19,20,21);1H. The first-order valence-corrected chi connectivity index (χ1v) is 8.07. The van der Waals surface area contributed by atoms with E-state index in [0.717, 1.165) is 25.3 Å². The van der Waals surface area contributed by atoms with Crippen LogP contribution in [0.4, 0.5) is 5.69 Å². The molecule has 0 saturated heterocycles. The molecular weight excluding hydrogens is 399 g/mol. The lowest BCUT2D eigenvalue weighted by molar-refractivity contribution is 0.633. The second kappa shape index (κ2) is 9.80. The van der Waals surface area contributed by atoms with Crippen molar-refractivity contribution in [2.75, 3.05) is 25.5 Å². The lowest BCUT2D eigenvalue weighted by atomic mass is 10.1. The van der Waals surface area contributed by atoms with E-state index < -0.39 is 0 Å². The van der Waals surface area contributed by atoms with Crippen molar-refractivity contribution in [2.24, 2.45) is 4.99 Å². The molecule has 1 aromatic carbocycles. The molecule has 0 spiro atoms. The highest BCUT2D eigenvalue weighted by Gasteiger charge is 2.11. The fraction of sp³-hybridized carbons (Fsp3) is 0.500.